The van der Waals surface area contributed by atoms with Gasteiger partial charge in [0.25, 0.3) is 0 Å². The van der Waals surface area contributed by atoms with Crippen molar-refractivity contribution in [3.63, 3.8) is 0 Å². The van der Waals surface area contributed by atoms with Gasteiger partial charge < -0.3 is 24.3 Å². The minimum absolute atomic E-state index is 0.160. The molecule has 0 saturated carbocycles. The van der Waals surface area contributed by atoms with Crippen LogP contribution in [0.1, 0.15) is 5.56 Å². The Bertz CT molecular complexity index is 981. The second kappa shape index (κ2) is 8.84. The minimum atomic E-state index is 0.160. The average molecular weight is 404 g/mol. The van der Waals surface area contributed by atoms with Crippen molar-refractivity contribution in [2.75, 3.05) is 40.3 Å². The molecule has 3 aromatic rings. The van der Waals surface area contributed by atoms with Gasteiger partial charge >= 0.3 is 0 Å². The Morgan fingerprint density at radius 3 is 2.14 bits per heavy atom. The van der Waals surface area contributed by atoms with Gasteiger partial charge in [-0.2, -0.15) is 0 Å². The smallest absolute Gasteiger partial charge is 0.224 e. The first-order chi connectivity index (χ1) is 13.6. The fourth-order valence-electron chi connectivity index (χ4n) is 2.92. The SMILES string of the molecule is COc1ccc(CCNc2nc(Cl)nc3cc(OC)c(OC)cc23)cc1OC. The molecule has 1 N–H and O–H groups in total. The summed E-state index contributed by atoms with van der Waals surface area (Å²) in [6.45, 7) is 0.645. The van der Waals surface area contributed by atoms with E-state index in [-0.39, 0.29) is 5.28 Å². The highest BCUT2D eigenvalue weighted by atomic mass is 35.5. The first kappa shape index (κ1) is 19.8. The van der Waals surface area contributed by atoms with E-state index in [1.54, 1.807) is 34.5 Å². The quantitative estimate of drug-likeness (QED) is 0.570. The maximum Gasteiger partial charge on any atom is 0.224 e. The van der Waals surface area contributed by atoms with E-state index < -0.39 is 0 Å². The number of rotatable bonds is 8. The van der Waals surface area contributed by atoms with Crippen LogP contribution in [0.2, 0.25) is 5.28 Å². The van der Waals surface area contributed by atoms with Crippen molar-refractivity contribution < 1.29 is 18.9 Å². The topological polar surface area (TPSA) is 74.7 Å². The van der Waals surface area contributed by atoms with Crippen molar-refractivity contribution in [3.8, 4) is 23.0 Å². The summed E-state index contributed by atoms with van der Waals surface area (Å²) < 4.78 is 21.3. The van der Waals surface area contributed by atoms with Crippen molar-refractivity contribution in [1.82, 2.24) is 9.97 Å². The molecule has 0 unspecified atom stereocenters. The van der Waals surface area contributed by atoms with E-state index in [1.165, 1.54) is 0 Å². The van der Waals surface area contributed by atoms with E-state index in [0.717, 1.165) is 17.4 Å². The van der Waals surface area contributed by atoms with Crippen molar-refractivity contribution in [2.45, 2.75) is 6.42 Å². The number of benzene rings is 2. The van der Waals surface area contributed by atoms with Crippen LogP contribution in [0.5, 0.6) is 23.0 Å². The number of halogens is 1. The summed E-state index contributed by atoms with van der Waals surface area (Å²) in [6, 6.07) is 9.47. The largest absolute Gasteiger partial charge is 0.493 e. The van der Waals surface area contributed by atoms with Crippen LogP contribution < -0.4 is 24.3 Å². The monoisotopic (exact) mass is 403 g/mol. The fourth-order valence-corrected chi connectivity index (χ4v) is 3.10. The number of hydrogen-bond donors (Lipinski definition) is 1. The van der Waals surface area contributed by atoms with Gasteiger partial charge in [0, 0.05) is 18.0 Å². The van der Waals surface area contributed by atoms with Gasteiger partial charge in [-0.1, -0.05) is 6.07 Å². The number of hydrogen-bond acceptors (Lipinski definition) is 7. The first-order valence-corrected chi connectivity index (χ1v) is 9.01. The number of aromatic nitrogens is 2. The number of nitrogens with one attached hydrogen (secondary N) is 1. The average Bonchev–Trinajstić information content (AvgIpc) is 2.72. The molecule has 0 radical (unpaired) electrons. The zero-order valence-electron chi connectivity index (χ0n) is 16.2. The molecule has 1 heterocycles. The Balaban J connectivity index is 1.82. The molecule has 1 aromatic heterocycles. The van der Waals surface area contributed by atoms with Crippen LogP contribution in [0.15, 0.2) is 30.3 Å². The van der Waals surface area contributed by atoms with Crippen LogP contribution in [-0.2, 0) is 6.42 Å². The Kier molecular flexibility index (Phi) is 6.26. The Morgan fingerprint density at radius 1 is 0.821 bits per heavy atom. The second-order valence-corrected chi connectivity index (χ2v) is 6.27. The normalized spacial score (nSPS) is 10.6. The molecule has 2 aromatic carbocycles. The molecule has 0 fully saturated rings. The van der Waals surface area contributed by atoms with E-state index in [9.17, 15) is 0 Å². The Hall–Kier alpha value is -2.93. The summed E-state index contributed by atoms with van der Waals surface area (Å²) in [4.78, 5) is 8.60. The summed E-state index contributed by atoms with van der Waals surface area (Å²) in [7, 11) is 6.41. The second-order valence-electron chi connectivity index (χ2n) is 5.93. The lowest BCUT2D eigenvalue weighted by Gasteiger charge is -2.13. The van der Waals surface area contributed by atoms with E-state index in [1.807, 2.05) is 24.3 Å². The van der Waals surface area contributed by atoms with E-state index in [2.05, 4.69) is 15.3 Å². The van der Waals surface area contributed by atoms with Gasteiger partial charge in [-0.15, -0.1) is 0 Å². The van der Waals surface area contributed by atoms with Crippen molar-refractivity contribution in [1.29, 1.82) is 0 Å². The van der Waals surface area contributed by atoms with Gasteiger partial charge in [0.2, 0.25) is 5.28 Å². The zero-order chi connectivity index (χ0) is 20.1. The Labute approximate surface area is 168 Å². The summed E-state index contributed by atoms with van der Waals surface area (Å²) in [5, 5.41) is 4.29. The molecule has 0 amide bonds. The lowest BCUT2D eigenvalue weighted by atomic mass is 10.1. The third-order valence-electron chi connectivity index (χ3n) is 4.33. The summed E-state index contributed by atoms with van der Waals surface area (Å²) in [5.74, 6) is 3.22. The van der Waals surface area contributed by atoms with E-state index in [0.29, 0.717) is 40.9 Å². The molecular weight excluding hydrogens is 382 g/mol. The standard InChI is InChI=1S/C20H22ClN3O4/c1-25-15-6-5-12(9-16(15)26-2)7-8-22-19-13-10-17(27-3)18(28-4)11-14(13)23-20(21)24-19/h5-6,9-11H,7-8H2,1-4H3,(H,22,23,24). The lowest BCUT2D eigenvalue weighted by Crippen LogP contribution is -2.08. The number of anilines is 1. The summed E-state index contributed by atoms with van der Waals surface area (Å²) >= 11 is 6.10. The molecule has 0 aliphatic heterocycles. The van der Waals surface area contributed by atoms with Gasteiger partial charge in [-0.25, -0.2) is 9.97 Å². The molecule has 148 valence electrons. The van der Waals surface area contributed by atoms with Crippen LogP contribution in [-0.4, -0.2) is 45.0 Å². The first-order valence-electron chi connectivity index (χ1n) is 8.63. The molecule has 0 spiro atoms. The highest BCUT2D eigenvalue weighted by molar-refractivity contribution is 6.28. The molecule has 3 rings (SSSR count). The van der Waals surface area contributed by atoms with Gasteiger partial charge in [-0.3, -0.25) is 0 Å². The van der Waals surface area contributed by atoms with Crippen LogP contribution in [0, 0.1) is 0 Å². The maximum absolute atomic E-state index is 6.10. The highest BCUT2D eigenvalue weighted by Gasteiger charge is 2.13. The number of fused-ring (bicyclic) bond motifs is 1. The van der Waals surface area contributed by atoms with Crippen molar-refractivity contribution in [2.24, 2.45) is 0 Å². The molecule has 28 heavy (non-hydrogen) atoms. The van der Waals surface area contributed by atoms with Crippen LogP contribution in [0.4, 0.5) is 5.82 Å². The molecular formula is C20H22ClN3O4. The van der Waals surface area contributed by atoms with Gasteiger partial charge in [0.05, 0.1) is 34.0 Å². The molecule has 0 atom stereocenters. The van der Waals surface area contributed by atoms with Gasteiger partial charge in [-0.05, 0) is 41.8 Å². The van der Waals surface area contributed by atoms with Gasteiger partial charge in [0.1, 0.15) is 5.82 Å². The third-order valence-corrected chi connectivity index (χ3v) is 4.50. The third kappa shape index (κ3) is 4.14. The number of ether oxygens (including phenoxy) is 4. The number of nitrogens with zero attached hydrogens (tertiary/aromatic N) is 2. The molecule has 7 nitrogen and oxygen atoms in total. The molecule has 0 aliphatic rings. The van der Waals surface area contributed by atoms with Crippen LogP contribution >= 0.6 is 11.6 Å². The maximum atomic E-state index is 6.10. The number of methoxy groups -OCH3 is 4. The summed E-state index contributed by atoms with van der Waals surface area (Å²) in [5.41, 5.74) is 1.78. The minimum Gasteiger partial charge on any atom is -0.493 e. The molecule has 0 aliphatic carbocycles. The van der Waals surface area contributed by atoms with Crippen molar-refractivity contribution >= 4 is 28.3 Å². The fraction of sp³-hybridized carbons (Fsp3) is 0.300. The molecule has 8 heteroatoms. The van der Waals surface area contributed by atoms with Gasteiger partial charge in [0.15, 0.2) is 23.0 Å². The molecule has 0 saturated heterocycles. The lowest BCUT2D eigenvalue weighted by molar-refractivity contribution is 0.354. The predicted molar refractivity (Wildman–Crippen MR) is 109 cm³/mol. The summed E-state index contributed by atoms with van der Waals surface area (Å²) in [6.07, 6.45) is 0.761. The molecule has 0 bridgehead atoms. The Morgan fingerprint density at radius 2 is 1.46 bits per heavy atom. The highest BCUT2D eigenvalue weighted by Crippen LogP contribution is 2.34. The van der Waals surface area contributed by atoms with E-state index >= 15 is 0 Å². The van der Waals surface area contributed by atoms with E-state index in [4.69, 9.17) is 30.5 Å². The zero-order valence-corrected chi connectivity index (χ0v) is 17.0. The van der Waals surface area contributed by atoms with Crippen LogP contribution in [0.25, 0.3) is 10.9 Å². The van der Waals surface area contributed by atoms with Crippen molar-refractivity contribution in [3.05, 3.63) is 41.2 Å². The predicted octanol–water partition coefficient (Wildman–Crippen LogP) is 3.97. The van der Waals surface area contributed by atoms with Crippen LogP contribution in [0.3, 0.4) is 0 Å².